The molecule has 1 N–H and O–H groups in total. The summed E-state index contributed by atoms with van der Waals surface area (Å²) in [6.07, 6.45) is 0. The van der Waals surface area contributed by atoms with Crippen molar-refractivity contribution in [3.8, 4) is 0 Å². The third-order valence-electron chi connectivity index (χ3n) is 0.845. The molecule has 1 fully saturated rings. The minimum absolute atomic E-state index is 0.214. The zero-order valence-electron chi connectivity index (χ0n) is 4.00. The number of rotatable bonds is 0. The van der Waals surface area contributed by atoms with Crippen molar-refractivity contribution in [3.05, 3.63) is 0 Å². The molecule has 0 aliphatic carbocycles. The number of thioether (sulfide) groups is 1. The van der Waals surface area contributed by atoms with E-state index < -0.39 is 0 Å². The molecule has 1 aliphatic rings. The molecule has 0 bridgehead atoms. The summed E-state index contributed by atoms with van der Waals surface area (Å²) in [6.45, 7) is 1.55. The van der Waals surface area contributed by atoms with Crippen LogP contribution in [-0.4, -0.2) is 29.4 Å². The molecule has 1 rings (SSSR count). The van der Waals surface area contributed by atoms with E-state index in [1.807, 2.05) is 0 Å². The molecule has 1 heterocycles. The Kier molecular flexibility index (Phi) is 1.97. The first-order valence-electron chi connectivity index (χ1n) is 2.32. The zero-order chi connectivity index (χ0) is 5.11. The van der Waals surface area contributed by atoms with Crippen molar-refractivity contribution in [2.45, 2.75) is 5.44 Å². The van der Waals surface area contributed by atoms with E-state index in [-0.39, 0.29) is 5.44 Å². The molecule has 7 heavy (non-hydrogen) atoms. The maximum atomic E-state index is 8.78. The fraction of sp³-hybridized carbons (Fsp3) is 1.00. The quantitative estimate of drug-likeness (QED) is 0.472. The van der Waals surface area contributed by atoms with Crippen LogP contribution in [0.1, 0.15) is 0 Å². The molecule has 1 saturated heterocycles. The van der Waals surface area contributed by atoms with Gasteiger partial charge in [0.1, 0.15) is 5.44 Å². The van der Waals surface area contributed by atoms with Gasteiger partial charge in [-0.3, -0.25) is 0 Å². The first-order chi connectivity index (χ1) is 3.39. The normalized spacial score (nSPS) is 33.0. The molecule has 2 nitrogen and oxygen atoms in total. The van der Waals surface area contributed by atoms with Crippen LogP contribution in [0.5, 0.6) is 0 Å². The van der Waals surface area contributed by atoms with Gasteiger partial charge >= 0.3 is 0 Å². The molecule has 0 aromatic carbocycles. The van der Waals surface area contributed by atoms with Crippen molar-refractivity contribution < 1.29 is 5.11 Å². The van der Waals surface area contributed by atoms with Gasteiger partial charge in [0.15, 0.2) is 0 Å². The summed E-state index contributed by atoms with van der Waals surface area (Å²) in [6, 6.07) is 0. The highest BCUT2D eigenvalue weighted by Gasteiger charge is 2.08. The Bertz CT molecular complexity index is 53.7. The summed E-state index contributed by atoms with van der Waals surface area (Å²) in [5.41, 5.74) is -0.214. The minimum atomic E-state index is -0.214. The molecule has 0 saturated carbocycles. The smallest absolute Gasteiger partial charge is 0.113 e. The molecule has 1 unspecified atom stereocenters. The second-order valence-corrected chi connectivity index (χ2v) is 2.74. The van der Waals surface area contributed by atoms with Crippen LogP contribution in [0, 0.1) is 0 Å². The highest BCUT2D eigenvalue weighted by Crippen LogP contribution is 2.09. The highest BCUT2D eigenvalue weighted by atomic mass is 32.2. The Morgan fingerprint density at radius 1 is 1.71 bits per heavy atom. The fourth-order valence-corrected chi connectivity index (χ4v) is 1.23. The van der Waals surface area contributed by atoms with Gasteiger partial charge in [-0.1, -0.05) is 0 Å². The predicted molar refractivity (Wildman–Crippen MR) is 30.3 cm³/mol. The van der Waals surface area contributed by atoms with E-state index in [1.165, 1.54) is 0 Å². The van der Waals surface area contributed by atoms with Crippen molar-refractivity contribution >= 4 is 11.8 Å². The predicted octanol–water partition coefficient (Wildman–Crippen LogP) is -0.344. The van der Waals surface area contributed by atoms with Crippen LogP contribution >= 0.6 is 11.8 Å². The van der Waals surface area contributed by atoms with Gasteiger partial charge in [0.2, 0.25) is 0 Å². The van der Waals surface area contributed by atoms with Crippen LogP contribution in [0.15, 0.2) is 0 Å². The van der Waals surface area contributed by atoms with Crippen molar-refractivity contribution in [2.75, 3.05) is 18.8 Å². The van der Waals surface area contributed by atoms with Crippen molar-refractivity contribution in [3.63, 3.8) is 0 Å². The second-order valence-electron chi connectivity index (χ2n) is 1.46. The molecule has 0 aromatic heterocycles. The molecule has 1 aliphatic heterocycles. The van der Waals surface area contributed by atoms with Gasteiger partial charge in [-0.15, -0.1) is 11.8 Å². The van der Waals surface area contributed by atoms with Gasteiger partial charge in [0, 0.05) is 18.8 Å². The third kappa shape index (κ3) is 1.67. The molecular formula is C4H8NOS. The van der Waals surface area contributed by atoms with E-state index in [1.54, 1.807) is 11.8 Å². The van der Waals surface area contributed by atoms with Crippen LogP contribution in [0.25, 0.3) is 0 Å². The summed E-state index contributed by atoms with van der Waals surface area (Å²) in [7, 11) is 0. The van der Waals surface area contributed by atoms with Gasteiger partial charge in [0.25, 0.3) is 0 Å². The van der Waals surface area contributed by atoms with E-state index in [0.29, 0.717) is 6.54 Å². The number of aliphatic hydroxyl groups is 1. The van der Waals surface area contributed by atoms with Crippen molar-refractivity contribution in [2.24, 2.45) is 0 Å². The molecule has 1 atom stereocenters. The van der Waals surface area contributed by atoms with E-state index in [2.05, 4.69) is 5.32 Å². The van der Waals surface area contributed by atoms with Gasteiger partial charge in [0.05, 0.1) is 0 Å². The zero-order valence-corrected chi connectivity index (χ0v) is 4.82. The number of hydrogen-bond acceptors (Lipinski definition) is 2. The molecule has 0 aromatic rings. The summed E-state index contributed by atoms with van der Waals surface area (Å²) < 4.78 is 0. The van der Waals surface area contributed by atoms with Gasteiger partial charge in [-0.05, 0) is 0 Å². The molecule has 0 amide bonds. The van der Waals surface area contributed by atoms with E-state index in [0.717, 1.165) is 12.3 Å². The van der Waals surface area contributed by atoms with Crippen LogP contribution in [0.3, 0.4) is 0 Å². The molecule has 0 spiro atoms. The number of hydrogen-bond donors (Lipinski definition) is 1. The van der Waals surface area contributed by atoms with Crippen LogP contribution < -0.4 is 5.32 Å². The van der Waals surface area contributed by atoms with Crippen LogP contribution in [0.2, 0.25) is 0 Å². The van der Waals surface area contributed by atoms with Crippen LogP contribution in [-0.2, 0) is 0 Å². The molecular weight excluding hydrogens is 110 g/mol. The Labute approximate surface area is 47.3 Å². The summed E-state index contributed by atoms with van der Waals surface area (Å²) in [5.74, 6) is 0.987. The van der Waals surface area contributed by atoms with E-state index in [4.69, 9.17) is 5.11 Å². The maximum Gasteiger partial charge on any atom is 0.113 e. The molecule has 3 heteroatoms. The highest BCUT2D eigenvalue weighted by molar-refractivity contribution is 7.99. The Morgan fingerprint density at radius 3 is 2.86 bits per heavy atom. The van der Waals surface area contributed by atoms with Crippen LogP contribution in [0.4, 0.5) is 0 Å². The summed E-state index contributed by atoms with van der Waals surface area (Å²) >= 11 is 1.58. The fourth-order valence-electron chi connectivity index (χ4n) is 0.508. The Hall–Kier alpha value is 0.270. The van der Waals surface area contributed by atoms with Gasteiger partial charge < -0.3 is 5.11 Å². The van der Waals surface area contributed by atoms with Crippen molar-refractivity contribution in [1.29, 1.82) is 0 Å². The topological polar surface area (TPSA) is 34.3 Å². The second kappa shape index (κ2) is 2.55. The lowest BCUT2D eigenvalue weighted by Crippen LogP contribution is -2.26. The maximum absolute atomic E-state index is 8.78. The Balaban J connectivity index is 2.12. The third-order valence-corrected chi connectivity index (χ3v) is 1.80. The lowest BCUT2D eigenvalue weighted by Gasteiger charge is -2.14. The van der Waals surface area contributed by atoms with Crippen molar-refractivity contribution in [1.82, 2.24) is 5.32 Å². The standard InChI is InChI=1S/C4H8NOS/c6-4-3-5-1-2-7-4/h4,6H,1-3H2. The first-order valence-corrected chi connectivity index (χ1v) is 3.37. The Morgan fingerprint density at radius 2 is 2.57 bits per heavy atom. The van der Waals surface area contributed by atoms with E-state index in [9.17, 15) is 0 Å². The van der Waals surface area contributed by atoms with E-state index >= 15 is 0 Å². The molecule has 41 valence electrons. The average Bonchev–Trinajstić information content (AvgIpc) is 1.69. The lowest BCUT2D eigenvalue weighted by atomic mass is 10.6. The SMILES string of the molecule is OC1C[N]CCS1. The summed E-state index contributed by atoms with van der Waals surface area (Å²) in [4.78, 5) is 0. The summed E-state index contributed by atoms with van der Waals surface area (Å²) in [5, 5.41) is 12.8. The van der Waals surface area contributed by atoms with Gasteiger partial charge in [-0.2, -0.15) is 0 Å². The lowest BCUT2D eigenvalue weighted by molar-refractivity contribution is 0.253. The minimum Gasteiger partial charge on any atom is -0.381 e. The first kappa shape index (κ1) is 5.41. The molecule has 1 radical (unpaired) electrons. The monoisotopic (exact) mass is 118 g/mol. The number of nitrogens with zero attached hydrogens (tertiary/aromatic N) is 1. The average molecular weight is 118 g/mol. The largest absolute Gasteiger partial charge is 0.381 e. The number of aliphatic hydroxyl groups excluding tert-OH is 1. The van der Waals surface area contributed by atoms with Gasteiger partial charge in [-0.25, -0.2) is 5.32 Å².